The van der Waals surface area contributed by atoms with Crippen LogP contribution in [-0.4, -0.2) is 17.0 Å². The van der Waals surface area contributed by atoms with E-state index in [1.54, 1.807) is 24.3 Å². The van der Waals surface area contributed by atoms with E-state index in [1.807, 2.05) is 30.3 Å². The zero-order valence-electron chi connectivity index (χ0n) is 12.9. The average Bonchev–Trinajstić information content (AvgIpc) is 3.07. The van der Waals surface area contributed by atoms with Gasteiger partial charge in [0.25, 0.3) is 5.91 Å². The van der Waals surface area contributed by atoms with Gasteiger partial charge in [0.1, 0.15) is 5.56 Å². The summed E-state index contributed by atoms with van der Waals surface area (Å²) in [6, 6.07) is 16.1. The Morgan fingerprint density at radius 2 is 1.54 bits per heavy atom. The summed E-state index contributed by atoms with van der Waals surface area (Å²) < 4.78 is 5.21. The van der Waals surface area contributed by atoms with Crippen molar-refractivity contribution < 1.29 is 14.1 Å². The number of aromatic nitrogens is 1. The fourth-order valence-corrected chi connectivity index (χ4v) is 2.24. The van der Waals surface area contributed by atoms with E-state index in [0.717, 1.165) is 5.56 Å². The normalized spacial score (nSPS) is 10.2. The topological polar surface area (TPSA) is 84.2 Å². The van der Waals surface area contributed by atoms with Crippen LogP contribution in [0.15, 0.2) is 65.3 Å². The van der Waals surface area contributed by atoms with Crippen molar-refractivity contribution in [2.75, 3.05) is 10.6 Å². The van der Waals surface area contributed by atoms with Crippen LogP contribution in [0.5, 0.6) is 0 Å². The summed E-state index contributed by atoms with van der Waals surface area (Å²) in [4.78, 5) is 23.5. The van der Waals surface area contributed by atoms with E-state index < -0.39 is 0 Å². The van der Waals surface area contributed by atoms with Crippen LogP contribution < -0.4 is 10.6 Å². The van der Waals surface area contributed by atoms with Gasteiger partial charge in [-0.3, -0.25) is 9.59 Å². The van der Waals surface area contributed by atoms with Gasteiger partial charge in [0.2, 0.25) is 5.91 Å². The highest BCUT2D eigenvalue weighted by Gasteiger charge is 2.17. The molecule has 6 heteroatoms. The molecule has 0 aliphatic carbocycles. The zero-order chi connectivity index (χ0) is 16.9. The number of nitrogens with zero attached hydrogens (tertiary/aromatic N) is 1. The Morgan fingerprint density at radius 3 is 2.17 bits per heavy atom. The number of carbonyl (C=O) groups is 2. The van der Waals surface area contributed by atoms with Crippen molar-refractivity contribution >= 4 is 23.2 Å². The number of hydrogen-bond acceptors (Lipinski definition) is 4. The van der Waals surface area contributed by atoms with E-state index in [9.17, 15) is 9.59 Å². The van der Waals surface area contributed by atoms with Crippen LogP contribution in [0, 0.1) is 0 Å². The Labute approximate surface area is 138 Å². The summed E-state index contributed by atoms with van der Waals surface area (Å²) in [6.07, 6.45) is 1.39. The molecule has 2 N–H and O–H groups in total. The lowest BCUT2D eigenvalue weighted by molar-refractivity contribution is -0.114. The van der Waals surface area contributed by atoms with Crippen LogP contribution >= 0.6 is 0 Å². The molecule has 120 valence electrons. The van der Waals surface area contributed by atoms with Crippen molar-refractivity contribution in [2.24, 2.45) is 0 Å². The highest BCUT2D eigenvalue weighted by Crippen LogP contribution is 2.24. The van der Waals surface area contributed by atoms with Crippen LogP contribution in [0.25, 0.3) is 11.3 Å². The number of carbonyl (C=O) groups excluding carboxylic acids is 2. The van der Waals surface area contributed by atoms with Gasteiger partial charge in [-0.2, -0.15) is 0 Å². The highest BCUT2D eigenvalue weighted by molar-refractivity contribution is 6.07. The molecule has 0 atom stereocenters. The third-order valence-corrected chi connectivity index (χ3v) is 3.31. The first-order valence-corrected chi connectivity index (χ1v) is 7.32. The number of benzene rings is 2. The summed E-state index contributed by atoms with van der Waals surface area (Å²) in [5.74, 6) is -0.0471. The lowest BCUT2D eigenvalue weighted by atomic mass is 10.1. The van der Waals surface area contributed by atoms with E-state index in [2.05, 4.69) is 15.8 Å². The van der Waals surface area contributed by atoms with Crippen LogP contribution in [0.2, 0.25) is 0 Å². The molecule has 0 spiro atoms. The van der Waals surface area contributed by atoms with Crippen molar-refractivity contribution in [3.8, 4) is 11.3 Å². The molecule has 0 saturated carbocycles. The minimum atomic E-state index is -0.317. The van der Waals surface area contributed by atoms with Gasteiger partial charge in [0.05, 0.1) is 6.20 Å². The minimum Gasteiger partial charge on any atom is -0.355 e. The van der Waals surface area contributed by atoms with E-state index in [1.165, 1.54) is 13.1 Å². The zero-order valence-corrected chi connectivity index (χ0v) is 12.9. The molecule has 0 bridgehead atoms. The van der Waals surface area contributed by atoms with Crippen molar-refractivity contribution in [3.63, 3.8) is 0 Å². The van der Waals surface area contributed by atoms with Crippen LogP contribution in [-0.2, 0) is 4.79 Å². The van der Waals surface area contributed by atoms with Crippen molar-refractivity contribution in [1.29, 1.82) is 0 Å². The maximum absolute atomic E-state index is 12.5. The van der Waals surface area contributed by atoms with Gasteiger partial charge in [0.15, 0.2) is 5.76 Å². The molecule has 6 nitrogen and oxygen atoms in total. The standard InChI is InChI=1S/C18H15N3O3/c1-12(22)20-14-7-9-15(10-8-14)21-18(23)16-11-19-24-17(16)13-5-3-2-4-6-13/h2-11H,1H3,(H,20,22)(H,21,23). The van der Waals surface area contributed by atoms with E-state index in [4.69, 9.17) is 4.52 Å². The van der Waals surface area contributed by atoms with E-state index in [0.29, 0.717) is 22.7 Å². The fourth-order valence-electron chi connectivity index (χ4n) is 2.24. The highest BCUT2D eigenvalue weighted by atomic mass is 16.5. The maximum Gasteiger partial charge on any atom is 0.261 e. The van der Waals surface area contributed by atoms with Gasteiger partial charge in [0, 0.05) is 23.9 Å². The molecule has 1 aromatic heterocycles. The Hall–Kier alpha value is -3.41. The number of hydrogen-bond donors (Lipinski definition) is 2. The quantitative estimate of drug-likeness (QED) is 0.769. The van der Waals surface area contributed by atoms with Crippen molar-refractivity contribution in [3.05, 3.63) is 66.4 Å². The van der Waals surface area contributed by atoms with Gasteiger partial charge >= 0.3 is 0 Å². The molecule has 3 aromatic rings. The third-order valence-electron chi connectivity index (χ3n) is 3.31. The summed E-state index contributed by atoms with van der Waals surface area (Å²) in [6.45, 7) is 1.44. The summed E-state index contributed by atoms with van der Waals surface area (Å²) in [5, 5.41) is 9.17. The molecular formula is C18H15N3O3. The molecule has 0 aliphatic rings. The smallest absolute Gasteiger partial charge is 0.261 e. The number of amides is 2. The van der Waals surface area contributed by atoms with Crippen LogP contribution in [0.3, 0.4) is 0 Å². The first kappa shape index (κ1) is 15.5. The molecule has 0 fully saturated rings. The lowest BCUT2D eigenvalue weighted by Crippen LogP contribution is -2.12. The average molecular weight is 321 g/mol. The first-order chi connectivity index (χ1) is 11.6. The molecular weight excluding hydrogens is 306 g/mol. The Bertz CT molecular complexity index is 855. The summed E-state index contributed by atoms with van der Waals surface area (Å²) >= 11 is 0. The number of nitrogens with one attached hydrogen (secondary N) is 2. The van der Waals surface area contributed by atoms with Crippen molar-refractivity contribution in [2.45, 2.75) is 6.92 Å². The second-order valence-corrected chi connectivity index (χ2v) is 5.15. The molecule has 0 unspecified atom stereocenters. The molecule has 24 heavy (non-hydrogen) atoms. The maximum atomic E-state index is 12.5. The van der Waals surface area contributed by atoms with Crippen LogP contribution in [0.4, 0.5) is 11.4 Å². The van der Waals surface area contributed by atoms with Gasteiger partial charge in [-0.25, -0.2) is 0 Å². The Balaban J connectivity index is 1.76. The van der Waals surface area contributed by atoms with Gasteiger partial charge in [-0.1, -0.05) is 35.5 Å². The van der Waals surface area contributed by atoms with E-state index in [-0.39, 0.29) is 11.8 Å². The SMILES string of the molecule is CC(=O)Nc1ccc(NC(=O)c2cnoc2-c2ccccc2)cc1. The third kappa shape index (κ3) is 3.49. The largest absolute Gasteiger partial charge is 0.355 e. The second-order valence-electron chi connectivity index (χ2n) is 5.15. The monoisotopic (exact) mass is 321 g/mol. The molecule has 0 radical (unpaired) electrons. The van der Waals surface area contributed by atoms with Gasteiger partial charge < -0.3 is 15.2 Å². The number of rotatable bonds is 4. The Kier molecular flexibility index (Phi) is 4.38. The first-order valence-electron chi connectivity index (χ1n) is 7.32. The molecule has 0 saturated heterocycles. The fraction of sp³-hybridized carbons (Fsp3) is 0.0556. The lowest BCUT2D eigenvalue weighted by Gasteiger charge is -2.07. The predicted octanol–water partition coefficient (Wildman–Crippen LogP) is 3.55. The van der Waals surface area contributed by atoms with Crippen LogP contribution in [0.1, 0.15) is 17.3 Å². The molecule has 2 amide bonds. The second kappa shape index (κ2) is 6.78. The Morgan fingerprint density at radius 1 is 0.917 bits per heavy atom. The molecule has 2 aromatic carbocycles. The number of anilines is 2. The minimum absolute atomic E-state index is 0.149. The van der Waals surface area contributed by atoms with Gasteiger partial charge in [-0.05, 0) is 24.3 Å². The summed E-state index contributed by atoms with van der Waals surface area (Å²) in [7, 11) is 0. The molecule has 3 rings (SSSR count). The molecule has 0 aliphatic heterocycles. The molecule has 1 heterocycles. The van der Waals surface area contributed by atoms with Gasteiger partial charge in [-0.15, -0.1) is 0 Å². The van der Waals surface area contributed by atoms with E-state index >= 15 is 0 Å². The predicted molar refractivity (Wildman–Crippen MR) is 90.6 cm³/mol. The summed E-state index contributed by atoms with van der Waals surface area (Å²) in [5.41, 5.74) is 2.40. The van der Waals surface area contributed by atoms with Crippen molar-refractivity contribution in [1.82, 2.24) is 5.16 Å².